The second kappa shape index (κ2) is 9.86. The Hall–Kier alpha value is 0.0169. The lowest BCUT2D eigenvalue weighted by molar-refractivity contribution is 0.136. The van der Waals surface area contributed by atoms with E-state index in [-0.39, 0.29) is 5.25 Å². The summed E-state index contributed by atoms with van der Waals surface area (Å²) >= 11 is 8.52. The fourth-order valence-corrected chi connectivity index (χ4v) is 4.89. The van der Waals surface area contributed by atoms with Crippen LogP contribution >= 0.6 is 25.3 Å². The third-order valence-corrected chi connectivity index (χ3v) is 7.79. The second-order valence-corrected chi connectivity index (χ2v) is 9.04. The zero-order chi connectivity index (χ0) is 14.8. The molecule has 0 heterocycles. The van der Waals surface area contributed by atoms with E-state index in [0.29, 0.717) is 13.2 Å². The number of hydrogen-bond acceptors (Lipinski definition) is 5. The Morgan fingerprint density at radius 1 is 1.15 bits per heavy atom. The monoisotopic (exact) mass is 332 g/mol. The van der Waals surface area contributed by atoms with Crippen LogP contribution in [-0.4, -0.2) is 47.0 Å². The van der Waals surface area contributed by atoms with Crippen LogP contribution in [0.25, 0.3) is 0 Å². The number of rotatable bonds is 10. The van der Waals surface area contributed by atoms with E-state index in [2.05, 4.69) is 37.4 Å². The van der Waals surface area contributed by atoms with Crippen LogP contribution in [0.3, 0.4) is 0 Å². The molecule has 114 valence electrons. The van der Waals surface area contributed by atoms with Crippen molar-refractivity contribution in [1.82, 2.24) is 0 Å². The summed E-state index contributed by atoms with van der Waals surface area (Å²) in [6.45, 7) is 1.33. The van der Waals surface area contributed by atoms with Crippen LogP contribution < -0.4 is 5.19 Å². The molecule has 20 heavy (non-hydrogen) atoms. The van der Waals surface area contributed by atoms with Crippen LogP contribution in [0, 0.1) is 0 Å². The van der Waals surface area contributed by atoms with E-state index in [4.69, 9.17) is 13.6 Å². The molecule has 0 saturated heterocycles. The van der Waals surface area contributed by atoms with E-state index in [0.717, 1.165) is 23.4 Å². The largest absolute Gasteiger partial charge is 0.394 e. The summed E-state index contributed by atoms with van der Waals surface area (Å²) in [4.78, 5) is 0. The van der Waals surface area contributed by atoms with E-state index in [9.17, 15) is 0 Å². The van der Waals surface area contributed by atoms with Crippen LogP contribution in [-0.2, 0) is 13.6 Å². The van der Waals surface area contributed by atoms with Gasteiger partial charge in [-0.25, -0.2) is 0 Å². The first-order chi connectivity index (χ1) is 9.68. The van der Waals surface area contributed by atoms with Gasteiger partial charge in [0.15, 0.2) is 0 Å². The van der Waals surface area contributed by atoms with Crippen molar-refractivity contribution in [3.63, 3.8) is 0 Å². The predicted molar refractivity (Wildman–Crippen MR) is 92.7 cm³/mol. The average molecular weight is 333 g/mol. The summed E-state index contributed by atoms with van der Waals surface area (Å²) < 4.78 is 17.1. The molecular weight excluding hydrogens is 308 g/mol. The Kier molecular flexibility index (Phi) is 8.91. The summed E-state index contributed by atoms with van der Waals surface area (Å²) in [5.74, 6) is 0.724. The van der Waals surface area contributed by atoms with Crippen LogP contribution in [0.1, 0.15) is 6.42 Å². The van der Waals surface area contributed by atoms with E-state index < -0.39 is 8.56 Å². The fourth-order valence-electron chi connectivity index (χ4n) is 2.04. The molecule has 1 aromatic carbocycles. The highest BCUT2D eigenvalue weighted by molar-refractivity contribution is 7.84. The topological polar surface area (TPSA) is 27.7 Å². The minimum Gasteiger partial charge on any atom is -0.394 e. The molecule has 0 N–H and O–H groups in total. The van der Waals surface area contributed by atoms with Gasteiger partial charge < -0.3 is 13.6 Å². The Balaban J connectivity index is 2.48. The van der Waals surface area contributed by atoms with Crippen LogP contribution in [0.4, 0.5) is 0 Å². The van der Waals surface area contributed by atoms with E-state index in [1.807, 2.05) is 18.2 Å². The molecule has 0 aliphatic carbocycles. The quantitative estimate of drug-likeness (QED) is 0.391. The fraction of sp³-hybridized carbons (Fsp3) is 0.571. The highest BCUT2D eigenvalue weighted by Crippen LogP contribution is 2.15. The van der Waals surface area contributed by atoms with Gasteiger partial charge in [-0.3, -0.25) is 0 Å². The first-order valence-corrected chi connectivity index (χ1v) is 9.88. The molecule has 0 fully saturated rings. The Labute approximate surface area is 134 Å². The molecule has 1 aromatic rings. The zero-order valence-electron chi connectivity index (χ0n) is 12.1. The van der Waals surface area contributed by atoms with Gasteiger partial charge in [0.05, 0.1) is 6.61 Å². The summed E-state index contributed by atoms with van der Waals surface area (Å²) in [7, 11) is 1.14. The van der Waals surface area contributed by atoms with E-state index in [1.54, 1.807) is 14.2 Å². The van der Waals surface area contributed by atoms with E-state index in [1.165, 1.54) is 0 Å². The number of benzene rings is 1. The molecule has 1 atom stereocenters. The Bertz CT molecular complexity index is 361. The summed E-state index contributed by atoms with van der Waals surface area (Å²) in [5.41, 5.74) is 0. The lowest BCUT2D eigenvalue weighted by atomic mass is 10.4. The van der Waals surface area contributed by atoms with Crippen LogP contribution in [0.15, 0.2) is 30.3 Å². The highest BCUT2D eigenvalue weighted by atomic mass is 32.1. The van der Waals surface area contributed by atoms with Gasteiger partial charge in [-0.1, -0.05) is 30.3 Å². The molecule has 0 amide bonds. The summed E-state index contributed by atoms with van der Waals surface area (Å²) in [6, 6.07) is 11.1. The SMILES string of the molecule is CO[Si](CCCOCC(S)CS)(OC)c1ccccc1. The van der Waals surface area contributed by atoms with E-state index >= 15 is 0 Å². The highest BCUT2D eigenvalue weighted by Gasteiger charge is 2.37. The third kappa shape index (κ3) is 5.42. The minimum atomic E-state index is -2.32. The molecule has 1 unspecified atom stereocenters. The van der Waals surface area contributed by atoms with Crippen LogP contribution in [0.5, 0.6) is 0 Å². The Morgan fingerprint density at radius 3 is 2.35 bits per heavy atom. The lowest BCUT2D eigenvalue weighted by Gasteiger charge is -2.27. The smallest absolute Gasteiger partial charge is 0.372 e. The van der Waals surface area contributed by atoms with Gasteiger partial charge in [-0.15, -0.1) is 0 Å². The maximum Gasteiger partial charge on any atom is 0.372 e. The molecule has 0 aliphatic heterocycles. The number of hydrogen-bond donors (Lipinski definition) is 2. The van der Waals surface area contributed by atoms with Crippen molar-refractivity contribution in [2.24, 2.45) is 0 Å². The van der Waals surface area contributed by atoms with Gasteiger partial charge in [0, 0.05) is 31.8 Å². The van der Waals surface area contributed by atoms with Crippen molar-refractivity contribution in [1.29, 1.82) is 0 Å². The molecule has 0 aliphatic rings. The average Bonchev–Trinajstić information content (AvgIpc) is 2.52. The van der Waals surface area contributed by atoms with Crippen molar-refractivity contribution in [3.05, 3.63) is 30.3 Å². The van der Waals surface area contributed by atoms with Gasteiger partial charge in [-0.05, 0) is 17.7 Å². The molecule has 0 spiro atoms. The normalized spacial score (nSPS) is 13.4. The Morgan fingerprint density at radius 2 is 1.80 bits per heavy atom. The van der Waals surface area contributed by atoms with Gasteiger partial charge in [0.25, 0.3) is 0 Å². The molecule has 0 radical (unpaired) electrons. The summed E-state index contributed by atoms with van der Waals surface area (Å²) in [5, 5.41) is 1.35. The molecule has 0 saturated carbocycles. The van der Waals surface area contributed by atoms with Gasteiger partial charge >= 0.3 is 8.56 Å². The third-order valence-electron chi connectivity index (χ3n) is 3.19. The molecule has 1 rings (SSSR count). The standard InChI is InChI=1S/C14H24O3S2Si/c1-15-20(16-2,14-7-4-3-5-8-14)10-6-9-17-11-13(19)12-18/h3-5,7-8,13,18-19H,6,9-12H2,1-2H3. The first kappa shape index (κ1) is 18.1. The van der Waals surface area contributed by atoms with Crippen molar-refractivity contribution >= 4 is 39.0 Å². The molecular formula is C14H24O3S2Si. The van der Waals surface area contributed by atoms with Crippen molar-refractivity contribution in [2.75, 3.05) is 33.2 Å². The molecule has 6 heteroatoms. The molecule has 0 bridgehead atoms. The number of thiol groups is 2. The van der Waals surface area contributed by atoms with Crippen molar-refractivity contribution in [2.45, 2.75) is 17.7 Å². The second-order valence-electron chi connectivity index (χ2n) is 4.54. The minimum absolute atomic E-state index is 0.194. The molecule has 3 nitrogen and oxygen atoms in total. The first-order valence-electron chi connectivity index (χ1n) is 6.71. The van der Waals surface area contributed by atoms with Gasteiger partial charge in [-0.2, -0.15) is 25.3 Å². The van der Waals surface area contributed by atoms with Crippen molar-refractivity contribution < 1.29 is 13.6 Å². The maximum atomic E-state index is 5.76. The van der Waals surface area contributed by atoms with Crippen LogP contribution in [0.2, 0.25) is 6.04 Å². The number of ether oxygens (including phenoxy) is 1. The maximum absolute atomic E-state index is 5.76. The van der Waals surface area contributed by atoms with Gasteiger partial charge in [0.2, 0.25) is 0 Å². The summed E-state index contributed by atoms with van der Waals surface area (Å²) in [6.07, 6.45) is 0.913. The lowest BCUT2D eigenvalue weighted by Crippen LogP contribution is -2.52. The van der Waals surface area contributed by atoms with Gasteiger partial charge in [0.1, 0.15) is 0 Å². The predicted octanol–water partition coefficient (Wildman–Crippen LogP) is 2.26. The zero-order valence-corrected chi connectivity index (χ0v) is 14.9. The molecule has 0 aromatic heterocycles. The van der Waals surface area contributed by atoms with Crippen molar-refractivity contribution in [3.8, 4) is 0 Å².